The van der Waals surface area contributed by atoms with Gasteiger partial charge in [-0.05, 0) is 49.4 Å². The van der Waals surface area contributed by atoms with Crippen LogP contribution in [0.2, 0.25) is 0 Å². The zero-order chi connectivity index (χ0) is 14.2. The zero-order valence-corrected chi connectivity index (χ0v) is 12.3. The van der Waals surface area contributed by atoms with E-state index < -0.39 is 11.5 Å². The number of thiophene rings is 1. The largest absolute Gasteiger partial charge is 0.386 e. The Morgan fingerprint density at radius 2 is 2.00 bits per heavy atom. The van der Waals surface area contributed by atoms with E-state index in [-0.39, 0.29) is 0 Å². The molecule has 20 heavy (non-hydrogen) atoms. The number of nitrogens with zero attached hydrogens (tertiary/aromatic N) is 1. The number of rotatable bonds is 2. The molecule has 0 saturated carbocycles. The number of aliphatic hydroxyl groups excluding tert-OH is 1. The summed E-state index contributed by atoms with van der Waals surface area (Å²) in [7, 11) is 0. The van der Waals surface area contributed by atoms with Crippen molar-refractivity contribution in [3.63, 3.8) is 0 Å². The van der Waals surface area contributed by atoms with Gasteiger partial charge < -0.3 is 5.11 Å². The first kappa shape index (κ1) is 13.4. The minimum atomic E-state index is -0.695. The summed E-state index contributed by atoms with van der Waals surface area (Å²) in [6.45, 7) is 2.02. The number of hydrogen-bond acceptors (Lipinski definition) is 3. The van der Waals surface area contributed by atoms with Gasteiger partial charge in [0.2, 0.25) is 0 Å². The number of nitriles is 1. The van der Waals surface area contributed by atoms with E-state index in [1.807, 2.05) is 31.2 Å². The molecule has 0 bridgehead atoms. The Kier molecular flexibility index (Phi) is 3.37. The van der Waals surface area contributed by atoms with Crippen LogP contribution in [0.25, 0.3) is 0 Å². The van der Waals surface area contributed by atoms with Gasteiger partial charge in [-0.2, -0.15) is 5.26 Å². The molecule has 3 heteroatoms. The lowest BCUT2D eigenvalue weighted by Crippen LogP contribution is -2.33. The van der Waals surface area contributed by atoms with E-state index in [0.717, 1.165) is 17.7 Å². The second-order valence-corrected chi connectivity index (χ2v) is 6.88. The van der Waals surface area contributed by atoms with Crippen molar-refractivity contribution in [1.82, 2.24) is 0 Å². The van der Waals surface area contributed by atoms with Crippen LogP contribution in [0.1, 0.15) is 33.4 Å². The third-order valence-corrected chi connectivity index (χ3v) is 5.29. The van der Waals surface area contributed by atoms with Crippen LogP contribution < -0.4 is 0 Å². The van der Waals surface area contributed by atoms with Crippen molar-refractivity contribution >= 4 is 11.3 Å². The van der Waals surface area contributed by atoms with Crippen molar-refractivity contribution in [3.05, 3.63) is 57.3 Å². The SMILES string of the molecule is Cc1ccc(C(O)C2(C#N)CCc3ccccc3C2)s1. The van der Waals surface area contributed by atoms with Crippen molar-refractivity contribution in [3.8, 4) is 6.07 Å². The summed E-state index contributed by atoms with van der Waals surface area (Å²) < 4.78 is 0. The van der Waals surface area contributed by atoms with Gasteiger partial charge in [-0.25, -0.2) is 0 Å². The number of fused-ring (bicyclic) bond motifs is 1. The molecular weight excluding hydrogens is 266 g/mol. The van der Waals surface area contributed by atoms with Crippen molar-refractivity contribution < 1.29 is 5.11 Å². The Balaban J connectivity index is 1.96. The van der Waals surface area contributed by atoms with Crippen LogP contribution >= 0.6 is 11.3 Å². The van der Waals surface area contributed by atoms with Crippen LogP contribution in [-0.4, -0.2) is 5.11 Å². The summed E-state index contributed by atoms with van der Waals surface area (Å²) in [4.78, 5) is 2.08. The van der Waals surface area contributed by atoms with E-state index in [0.29, 0.717) is 6.42 Å². The minimum absolute atomic E-state index is 0.637. The highest BCUT2D eigenvalue weighted by atomic mass is 32.1. The summed E-state index contributed by atoms with van der Waals surface area (Å²) in [6, 6.07) is 14.6. The lowest BCUT2D eigenvalue weighted by atomic mass is 9.69. The van der Waals surface area contributed by atoms with Crippen LogP contribution in [0.3, 0.4) is 0 Å². The van der Waals surface area contributed by atoms with Gasteiger partial charge in [0.15, 0.2) is 0 Å². The molecule has 1 aromatic carbocycles. The molecule has 0 amide bonds. The maximum Gasteiger partial charge on any atom is 0.107 e. The highest BCUT2D eigenvalue weighted by Crippen LogP contribution is 2.45. The van der Waals surface area contributed by atoms with Gasteiger partial charge in [-0.1, -0.05) is 24.3 Å². The molecule has 1 heterocycles. The molecule has 0 fully saturated rings. The lowest BCUT2D eigenvalue weighted by Gasteiger charge is -2.35. The predicted octanol–water partition coefficient (Wildman–Crippen LogP) is 3.79. The quantitative estimate of drug-likeness (QED) is 0.911. The van der Waals surface area contributed by atoms with E-state index in [4.69, 9.17) is 0 Å². The molecular formula is C17H17NOS. The smallest absolute Gasteiger partial charge is 0.107 e. The molecule has 102 valence electrons. The third-order valence-electron chi connectivity index (χ3n) is 4.24. The fourth-order valence-corrected chi connectivity index (χ4v) is 4.00. The molecule has 1 aliphatic carbocycles. The summed E-state index contributed by atoms with van der Waals surface area (Å²) in [5.41, 5.74) is 1.83. The summed E-state index contributed by atoms with van der Waals surface area (Å²) in [5.74, 6) is 0. The zero-order valence-electron chi connectivity index (χ0n) is 11.5. The molecule has 2 nitrogen and oxygen atoms in total. The molecule has 1 N–H and O–H groups in total. The maximum atomic E-state index is 10.7. The van der Waals surface area contributed by atoms with Crippen molar-refractivity contribution in [2.45, 2.75) is 32.3 Å². The lowest BCUT2D eigenvalue weighted by molar-refractivity contribution is 0.0556. The molecule has 1 aromatic heterocycles. The normalized spacial score (nSPS) is 22.9. The topological polar surface area (TPSA) is 44.0 Å². The van der Waals surface area contributed by atoms with E-state index in [1.165, 1.54) is 16.0 Å². The standard InChI is InChI=1S/C17H17NOS/c1-12-6-7-15(20-12)16(19)17(11-18)9-8-13-4-2-3-5-14(13)10-17/h2-7,16,19H,8-10H2,1H3. The molecule has 3 rings (SSSR count). The van der Waals surface area contributed by atoms with E-state index in [1.54, 1.807) is 11.3 Å². The van der Waals surface area contributed by atoms with Crippen LogP contribution in [0.5, 0.6) is 0 Å². The molecule has 2 atom stereocenters. The Labute approximate surface area is 123 Å². The van der Waals surface area contributed by atoms with Crippen molar-refractivity contribution in [2.24, 2.45) is 5.41 Å². The Hall–Kier alpha value is -1.63. The first-order valence-corrected chi connectivity index (χ1v) is 7.69. The van der Waals surface area contributed by atoms with Gasteiger partial charge in [0, 0.05) is 9.75 Å². The molecule has 2 unspecified atom stereocenters. The van der Waals surface area contributed by atoms with Crippen LogP contribution in [0.15, 0.2) is 36.4 Å². The second kappa shape index (κ2) is 5.05. The molecule has 0 spiro atoms. The fraction of sp³-hybridized carbons (Fsp3) is 0.353. The number of hydrogen-bond donors (Lipinski definition) is 1. The van der Waals surface area contributed by atoms with E-state index >= 15 is 0 Å². The average Bonchev–Trinajstić information content (AvgIpc) is 2.92. The van der Waals surface area contributed by atoms with Gasteiger partial charge in [0.1, 0.15) is 6.10 Å². The fourth-order valence-electron chi connectivity index (χ4n) is 3.02. The van der Waals surface area contributed by atoms with Gasteiger partial charge in [0.05, 0.1) is 11.5 Å². The highest BCUT2D eigenvalue weighted by Gasteiger charge is 2.42. The second-order valence-electron chi connectivity index (χ2n) is 5.56. The molecule has 0 saturated heterocycles. The van der Waals surface area contributed by atoms with Crippen LogP contribution in [0.4, 0.5) is 0 Å². The van der Waals surface area contributed by atoms with Gasteiger partial charge in [-0.15, -0.1) is 11.3 Å². The van der Waals surface area contributed by atoms with E-state index in [9.17, 15) is 10.4 Å². The summed E-state index contributed by atoms with van der Waals surface area (Å²) >= 11 is 1.58. The Bertz CT molecular complexity index is 670. The predicted molar refractivity (Wildman–Crippen MR) is 80.5 cm³/mol. The van der Waals surface area contributed by atoms with Crippen molar-refractivity contribution in [2.75, 3.05) is 0 Å². The van der Waals surface area contributed by atoms with Gasteiger partial charge in [-0.3, -0.25) is 0 Å². The minimum Gasteiger partial charge on any atom is -0.386 e. The maximum absolute atomic E-state index is 10.7. The van der Waals surface area contributed by atoms with Gasteiger partial charge in [0.25, 0.3) is 0 Å². The number of benzene rings is 1. The molecule has 0 radical (unpaired) electrons. The highest BCUT2D eigenvalue weighted by molar-refractivity contribution is 7.12. The summed E-state index contributed by atoms with van der Waals surface area (Å²) in [5, 5.41) is 20.4. The van der Waals surface area contributed by atoms with Gasteiger partial charge >= 0.3 is 0 Å². The average molecular weight is 283 g/mol. The van der Waals surface area contributed by atoms with E-state index in [2.05, 4.69) is 18.2 Å². The van der Waals surface area contributed by atoms with Crippen LogP contribution in [-0.2, 0) is 12.8 Å². The Morgan fingerprint density at radius 1 is 1.25 bits per heavy atom. The Morgan fingerprint density at radius 3 is 2.65 bits per heavy atom. The molecule has 0 aliphatic heterocycles. The first-order valence-electron chi connectivity index (χ1n) is 6.87. The van der Waals surface area contributed by atoms with Crippen molar-refractivity contribution in [1.29, 1.82) is 5.26 Å². The monoisotopic (exact) mass is 283 g/mol. The summed E-state index contributed by atoms with van der Waals surface area (Å²) in [6.07, 6.45) is 1.53. The molecule has 2 aromatic rings. The molecule has 1 aliphatic rings. The first-order chi connectivity index (χ1) is 9.64. The number of aryl methyl sites for hydroxylation is 2. The van der Waals surface area contributed by atoms with Crippen LogP contribution in [0, 0.1) is 23.7 Å². The number of aliphatic hydroxyl groups is 1. The third kappa shape index (κ3) is 2.15.